The molecule has 248 valence electrons. The molecule has 2 fully saturated rings. The van der Waals surface area contributed by atoms with E-state index in [0.29, 0.717) is 17.2 Å². The van der Waals surface area contributed by atoms with E-state index in [9.17, 15) is 52.6 Å². The number of rotatable bonds is 7. The number of nitrogens with zero attached hydrogens (tertiary/aromatic N) is 4. The maximum atomic E-state index is 15.5. The summed E-state index contributed by atoms with van der Waals surface area (Å²) in [7, 11) is -10.7. The summed E-state index contributed by atoms with van der Waals surface area (Å²) < 4.78 is 140. The lowest BCUT2D eigenvalue weighted by Gasteiger charge is -2.41. The number of aromatic nitrogens is 1. The highest BCUT2D eigenvalue weighted by molar-refractivity contribution is 8.45. The molecule has 4 rings (SSSR count). The smallest absolute Gasteiger partial charge is 0.310 e. The van der Waals surface area contributed by atoms with E-state index in [-0.39, 0.29) is 17.7 Å². The molecule has 1 saturated heterocycles. The van der Waals surface area contributed by atoms with E-state index in [2.05, 4.69) is 10.3 Å². The average Bonchev–Trinajstić information content (AvgIpc) is 3.21. The van der Waals surface area contributed by atoms with Gasteiger partial charge in [0.25, 0.3) is 5.91 Å². The van der Waals surface area contributed by atoms with Gasteiger partial charge in [-0.3, -0.25) is 24.4 Å². The number of β-amino-alcohol motifs (C(OH)–C–C–N with tert-alkyl or cyclic N) is 1. The summed E-state index contributed by atoms with van der Waals surface area (Å²) in [6.45, 7) is 0.662. The summed E-state index contributed by atoms with van der Waals surface area (Å²) in [4.78, 5) is 28.9. The maximum Gasteiger partial charge on any atom is 0.310 e. The number of halogens is 10. The number of nitrogens with one attached hydrogen (secondary N) is 1. The van der Waals surface area contributed by atoms with Crippen molar-refractivity contribution in [1.82, 2.24) is 15.2 Å². The van der Waals surface area contributed by atoms with Crippen molar-refractivity contribution in [3.63, 3.8) is 0 Å². The number of likely N-dealkylation sites (tertiary alicyclic amines) is 1. The molecule has 19 heteroatoms. The number of aliphatic hydroxyl groups is 1. The number of carbonyl (C=O) groups is 2. The molecule has 1 unspecified atom stereocenters. The van der Waals surface area contributed by atoms with Crippen LogP contribution >= 0.6 is 10.2 Å². The Morgan fingerprint density at radius 2 is 1.67 bits per heavy atom. The standard InChI is InChI=1S/C26H25F10N5O3S/c1-25(44)9-20(40(12-25)13-37)24(43)41(22-18(28)7-17(8-19(22)29)45(32,33,34,35)36)21(14-6-15(27)11-38-10-14)23(42)39-16-2-4-26(30,31)5-3-16/h6-8,10-11,16,20-21,44H,2-5,9,12H2,1H3,(H,39,42)/t20-,21?,25-/m1/s1. The summed E-state index contributed by atoms with van der Waals surface area (Å²) >= 11 is 0. The number of benzene rings is 1. The Morgan fingerprint density at radius 1 is 1.09 bits per heavy atom. The van der Waals surface area contributed by atoms with Crippen LogP contribution in [-0.4, -0.2) is 57.0 Å². The van der Waals surface area contributed by atoms with Crippen molar-refractivity contribution in [2.45, 2.75) is 73.6 Å². The van der Waals surface area contributed by atoms with Gasteiger partial charge in [0.1, 0.15) is 28.5 Å². The summed E-state index contributed by atoms with van der Waals surface area (Å²) in [6, 6.07) is -6.21. The number of amides is 2. The molecule has 45 heavy (non-hydrogen) atoms. The molecule has 3 atom stereocenters. The zero-order valence-corrected chi connectivity index (χ0v) is 23.9. The molecule has 8 nitrogen and oxygen atoms in total. The molecule has 1 aliphatic carbocycles. The van der Waals surface area contributed by atoms with Crippen LogP contribution in [-0.2, 0) is 9.59 Å². The summed E-state index contributed by atoms with van der Waals surface area (Å²) in [6.07, 6.45) is 0.359. The second kappa shape index (κ2) is 10.6. The van der Waals surface area contributed by atoms with Gasteiger partial charge in [-0.25, -0.2) is 22.0 Å². The Balaban J connectivity index is 1.93. The molecule has 1 aromatic heterocycles. The number of hydrogen-bond acceptors (Lipinski definition) is 6. The van der Waals surface area contributed by atoms with E-state index in [1.165, 1.54) is 6.92 Å². The van der Waals surface area contributed by atoms with Gasteiger partial charge in [0.15, 0.2) is 17.8 Å². The fraction of sp³-hybridized carbons (Fsp3) is 0.462. The molecule has 2 aromatic rings. The van der Waals surface area contributed by atoms with Crippen LogP contribution in [0.15, 0.2) is 35.5 Å². The second-order valence-electron chi connectivity index (χ2n) is 11.3. The van der Waals surface area contributed by atoms with Gasteiger partial charge in [0.2, 0.25) is 11.8 Å². The molecule has 2 amide bonds. The fourth-order valence-corrected chi connectivity index (χ4v) is 6.03. The average molecular weight is 678 g/mol. The molecule has 2 heterocycles. The highest BCUT2D eigenvalue weighted by Gasteiger charge is 2.66. The first-order valence-electron chi connectivity index (χ1n) is 13.1. The van der Waals surface area contributed by atoms with Gasteiger partial charge in [0, 0.05) is 37.1 Å². The highest BCUT2D eigenvalue weighted by atomic mass is 32.5. The van der Waals surface area contributed by atoms with Gasteiger partial charge in [-0.2, -0.15) is 5.26 Å². The lowest BCUT2D eigenvalue weighted by Crippen LogP contribution is -2.52. The third-order valence-corrected chi connectivity index (χ3v) is 8.59. The Kier molecular flexibility index (Phi) is 8.06. The number of hydrogen-bond donors (Lipinski definition) is 2. The lowest BCUT2D eigenvalue weighted by molar-refractivity contribution is -0.129. The number of nitriles is 1. The number of anilines is 1. The van der Waals surface area contributed by atoms with Crippen LogP contribution in [0.1, 0.15) is 50.6 Å². The third kappa shape index (κ3) is 7.54. The predicted molar refractivity (Wildman–Crippen MR) is 139 cm³/mol. The Labute approximate surface area is 249 Å². The molecule has 1 aromatic carbocycles. The van der Waals surface area contributed by atoms with Crippen molar-refractivity contribution in [3.8, 4) is 6.19 Å². The number of pyridine rings is 1. The quantitative estimate of drug-likeness (QED) is 0.266. The molecule has 0 spiro atoms. The minimum absolute atomic E-state index is 0.0700. The number of carbonyl (C=O) groups excluding carboxylic acids is 2. The van der Waals surface area contributed by atoms with Crippen molar-refractivity contribution in [1.29, 1.82) is 5.26 Å². The van der Waals surface area contributed by atoms with E-state index in [1.807, 2.05) is 0 Å². The van der Waals surface area contributed by atoms with Crippen molar-refractivity contribution in [3.05, 3.63) is 53.6 Å². The first kappa shape index (κ1) is 34.1. The Bertz CT molecular complexity index is 1540. The number of alkyl halides is 2. The fourth-order valence-electron chi connectivity index (χ4n) is 5.38. The minimum atomic E-state index is -10.7. The molecular formula is C26H25F10N5O3S. The SMILES string of the molecule is C[C@@]1(O)C[C@H](C(=O)N(c2c(F)cc(S(F)(F)(F)(F)F)cc2F)C(C(=O)NC2CCC(F)(F)CC2)c2cncc(F)c2)N(C#N)C1. The van der Waals surface area contributed by atoms with Crippen LogP contribution in [0.4, 0.5) is 47.1 Å². The Hall–Kier alpha value is -3.79. The second-order valence-corrected chi connectivity index (χ2v) is 13.7. The first-order valence-corrected chi connectivity index (χ1v) is 15.1. The molecule has 2 N–H and O–H groups in total. The van der Waals surface area contributed by atoms with Gasteiger partial charge in [-0.15, -0.1) is 0 Å². The predicted octanol–water partition coefficient (Wildman–Crippen LogP) is 6.23. The van der Waals surface area contributed by atoms with Crippen LogP contribution in [0.5, 0.6) is 0 Å². The molecule has 0 radical (unpaired) electrons. The van der Waals surface area contributed by atoms with Gasteiger partial charge in [-0.1, -0.05) is 19.4 Å². The zero-order chi connectivity index (χ0) is 33.8. The van der Waals surface area contributed by atoms with Crippen LogP contribution < -0.4 is 10.2 Å². The van der Waals surface area contributed by atoms with Gasteiger partial charge in [-0.05, 0) is 38.0 Å². The van der Waals surface area contributed by atoms with Crippen molar-refractivity contribution in [2.24, 2.45) is 0 Å². The van der Waals surface area contributed by atoms with E-state index >= 15 is 8.78 Å². The van der Waals surface area contributed by atoms with Crippen LogP contribution in [0.2, 0.25) is 0 Å². The van der Waals surface area contributed by atoms with E-state index in [4.69, 9.17) is 0 Å². The molecule has 1 saturated carbocycles. The van der Waals surface area contributed by atoms with Crippen LogP contribution in [0.25, 0.3) is 0 Å². The highest BCUT2D eigenvalue weighted by Crippen LogP contribution is 3.02. The van der Waals surface area contributed by atoms with Crippen molar-refractivity contribution >= 4 is 27.7 Å². The summed E-state index contributed by atoms with van der Waals surface area (Å²) in [5.41, 5.74) is -4.16. The summed E-state index contributed by atoms with van der Waals surface area (Å²) in [5.74, 6) is -12.0. The molecule has 0 bridgehead atoms. The first-order chi connectivity index (χ1) is 20.4. The van der Waals surface area contributed by atoms with Gasteiger partial charge < -0.3 is 10.4 Å². The normalized spacial score (nSPS) is 24.2. The minimum Gasteiger partial charge on any atom is -0.388 e. The van der Waals surface area contributed by atoms with Gasteiger partial charge in [0.05, 0.1) is 18.3 Å². The third-order valence-electron chi connectivity index (χ3n) is 7.46. The van der Waals surface area contributed by atoms with E-state index in [0.717, 1.165) is 6.20 Å². The lowest BCUT2D eigenvalue weighted by atomic mass is 9.91. The monoisotopic (exact) mass is 677 g/mol. The molecular weight excluding hydrogens is 652 g/mol. The van der Waals surface area contributed by atoms with Gasteiger partial charge >= 0.3 is 10.2 Å². The molecule has 1 aliphatic heterocycles. The van der Waals surface area contributed by atoms with Crippen LogP contribution in [0.3, 0.4) is 0 Å². The van der Waals surface area contributed by atoms with E-state index in [1.54, 1.807) is 6.19 Å². The topological polar surface area (TPSA) is 110 Å². The molecule has 2 aliphatic rings. The zero-order valence-electron chi connectivity index (χ0n) is 23.1. The van der Waals surface area contributed by atoms with Crippen LogP contribution in [0, 0.1) is 28.9 Å². The largest absolute Gasteiger partial charge is 0.388 e. The summed E-state index contributed by atoms with van der Waals surface area (Å²) in [5, 5.41) is 22.4. The van der Waals surface area contributed by atoms with Crippen molar-refractivity contribution < 1.29 is 56.1 Å². The van der Waals surface area contributed by atoms with Crippen molar-refractivity contribution in [2.75, 3.05) is 11.4 Å². The Morgan fingerprint density at radius 3 is 2.18 bits per heavy atom. The van der Waals surface area contributed by atoms with E-state index < -0.39 is 123 Å². The maximum absolute atomic E-state index is 15.5.